The minimum Gasteiger partial charge on any atom is -0.490 e. The second-order valence-corrected chi connectivity index (χ2v) is 4.10. The summed E-state index contributed by atoms with van der Waals surface area (Å²) in [5.74, 6) is 1.40. The van der Waals surface area contributed by atoms with Crippen LogP contribution in [0.2, 0.25) is 0 Å². The predicted molar refractivity (Wildman–Crippen MR) is 81.9 cm³/mol. The third-order valence-electron chi connectivity index (χ3n) is 2.71. The van der Waals surface area contributed by atoms with Crippen LogP contribution in [0.25, 0.3) is 12.2 Å². The average Bonchev–Trinajstić information content (AvgIpc) is 2.53. The van der Waals surface area contributed by atoms with Crippen molar-refractivity contribution in [3.8, 4) is 11.6 Å². The van der Waals surface area contributed by atoms with E-state index in [1.807, 2.05) is 36.4 Å². The van der Waals surface area contributed by atoms with Gasteiger partial charge in [0.25, 0.3) is 0 Å². The molecule has 0 fully saturated rings. The highest BCUT2D eigenvalue weighted by Gasteiger charge is 1.97. The van der Waals surface area contributed by atoms with Crippen molar-refractivity contribution in [1.82, 2.24) is 4.98 Å². The van der Waals surface area contributed by atoms with Crippen molar-refractivity contribution in [2.24, 2.45) is 0 Å². The molecule has 0 radical (unpaired) electrons. The third kappa shape index (κ3) is 3.99. The molecule has 2 aromatic rings. The second-order valence-electron chi connectivity index (χ2n) is 4.10. The van der Waals surface area contributed by atoms with Gasteiger partial charge in [-0.05, 0) is 29.3 Å². The van der Waals surface area contributed by atoms with Crippen LogP contribution in [0.1, 0.15) is 11.1 Å². The Morgan fingerprint density at radius 1 is 0.850 bits per heavy atom. The molecule has 0 aliphatic heterocycles. The molecule has 0 atom stereocenters. The van der Waals surface area contributed by atoms with Crippen molar-refractivity contribution in [3.05, 3.63) is 66.9 Å². The molecule has 0 bridgehead atoms. The maximum atomic E-state index is 5.57. The van der Waals surface area contributed by atoms with Crippen molar-refractivity contribution in [2.75, 3.05) is 13.2 Å². The van der Waals surface area contributed by atoms with E-state index in [-0.39, 0.29) is 0 Å². The van der Waals surface area contributed by atoms with E-state index < -0.39 is 0 Å². The molecule has 2 rings (SSSR count). The summed E-state index contributed by atoms with van der Waals surface area (Å²) >= 11 is 0. The molecule has 0 N–H and O–H groups in total. The van der Waals surface area contributed by atoms with Gasteiger partial charge in [-0.2, -0.15) is 0 Å². The van der Waals surface area contributed by atoms with Crippen LogP contribution in [-0.2, 0) is 0 Å². The zero-order chi connectivity index (χ0) is 14.2. The maximum absolute atomic E-state index is 5.57. The topological polar surface area (TPSA) is 31.4 Å². The van der Waals surface area contributed by atoms with Gasteiger partial charge in [0, 0.05) is 12.3 Å². The second kappa shape index (κ2) is 7.14. The van der Waals surface area contributed by atoms with Crippen molar-refractivity contribution in [1.29, 1.82) is 0 Å². The smallest absolute Gasteiger partial charge is 0.213 e. The van der Waals surface area contributed by atoms with Gasteiger partial charge in [0.05, 0.1) is 0 Å². The standard InChI is InChI=1S/C17H17NO2/c1-3-14-5-8-16(9-6-14)19-11-12-20-17-10-7-15(4-2)13-18-17/h3-10,13H,1-2,11-12H2. The molecule has 0 saturated carbocycles. The Balaban J connectivity index is 1.74. The van der Waals surface area contributed by atoms with Gasteiger partial charge in [-0.3, -0.25) is 0 Å². The molecule has 0 amide bonds. The summed E-state index contributed by atoms with van der Waals surface area (Å²) in [6, 6.07) is 11.5. The molecule has 0 aliphatic carbocycles. The lowest BCUT2D eigenvalue weighted by Crippen LogP contribution is -2.09. The van der Waals surface area contributed by atoms with Crippen molar-refractivity contribution in [3.63, 3.8) is 0 Å². The molecule has 3 heteroatoms. The fourth-order valence-electron chi connectivity index (χ4n) is 1.60. The van der Waals surface area contributed by atoms with Crippen LogP contribution < -0.4 is 9.47 Å². The number of rotatable bonds is 7. The number of benzene rings is 1. The Labute approximate surface area is 119 Å². The van der Waals surface area contributed by atoms with Gasteiger partial charge in [-0.25, -0.2) is 4.98 Å². The van der Waals surface area contributed by atoms with Crippen molar-refractivity contribution in [2.45, 2.75) is 0 Å². The van der Waals surface area contributed by atoms with Crippen LogP contribution in [0.5, 0.6) is 11.6 Å². The molecular weight excluding hydrogens is 250 g/mol. The van der Waals surface area contributed by atoms with Gasteiger partial charge in [-0.1, -0.05) is 37.4 Å². The van der Waals surface area contributed by atoms with E-state index in [4.69, 9.17) is 9.47 Å². The number of ether oxygens (including phenoxy) is 2. The Morgan fingerprint density at radius 3 is 2.10 bits per heavy atom. The molecule has 0 unspecified atom stereocenters. The first kappa shape index (κ1) is 13.9. The molecule has 0 aliphatic rings. The summed E-state index contributed by atoms with van der Waals surface area (Å²) in [4.78, 5) is 4.16. The van der Waals surface area contributed by atoms with E-state index in [1.165, 1.54) is 0 Å². The van der Waals surface area contributed by atoms with Gasteiger partial charge in [-0.15, -0.1) is 0 Å². The van der Waals surface area contributed by atoms with Gasteiger partial charge >= 0.3 is 0 Å². The van der Waals surface area contributed by atoms with Crippen LogP contribution in [0.4, 0.5) is 0 Å². The minimum atomic E-state index is 0.448. The fourth-order valence-corrected chi connectivity index (χ4v) is 1.60. The molecule has 1 aromatic carbocycles. The molecule has 3 nitrogen and oxygen atoms in total. The first-order valence-electron chi connectivity index (χ1n) is 6.38. The predicted octanol–water partition coefficient (Wildman–Crippen LogP) is 3.83. The summed E-state index contributed by atoms with van der Waals surface area (Å²) in [5, 5.41) is 0. The third-order valence-corrected chi connectivity index (χ3v) is 2.71. The van der Waals surface area contributed by atoms with Crippen LogP contribution in [0, 0.1) is 0 Å². The largest absolute Gasteiger partial charge is 0.490 e. The summed E-state index contributed by atoms with van der Waals surface area (Å²) in [6.45, 7) is 8.30. The quantitative estimate of drug-likeness (QED) is 0.714. The molecule has 0 saturated heterocycles. The Bertz CT molecular complexity index is 505. The van der Waals surface area contributed by atoms with E-state index in [0.717, 1.165) is 16.9 Å². The lowest BCUT2D eigenvalue weighted by molar-refractivity contribution is 0.212. The van der Waals surface area contributed by atoms with Crippen LogP contribution in [0.15, 0.2) is 55.8 Å². The molecule has 102 valence electrons. The number of hydrogen-bond donors (Lipinski definition) is 0. The van der Waals surface area contributed by atoms with E-state index in [1.54, 1.807) is 18.3 Å². The van der Waals surface area contributed by atoms with Gasteiger partial charge in [0.1, 0.15) is 19.0 Å². The SMILES string of the molecule is C=Cc1ccc(OCCOc2ccc(C=C)cn2)cc1. The van der Waals surface area contributed by atoms with Crippen LogP contribution in [-0.4, -0.2) is 18.2 Å². The summed E-state index contributed by atoms with van der Waals surface area (Å²) in [5.41, 5.74) is 2.04. The van der Waals surface area contributed by atoms with Gasteiger partial charge < -0.3 is 9.47 Å². The van der Waals surface area contributed by atoms with Crippen molar-refractivity contribution >= 4 is 12.2 Å². The van der Waals surface area contributed by atoms with Crippen LogP contribution >= 0.6 is 0 Å². The molecule has 1 heterocycles. The monoisotopic (exact) mass is 267 g/mol. The first-order valence-corrected chi connectivity index (χ1v) is 6.38. The lowest BCUT2D eigenvalue weighted by Gasteiger charge is -2.08. The van der Waals surface area contributed by atoms with Crippen molar-refractivity contribution < 1.29 is 9.47 Å². The summed E-state index contributed by atoms with van der Waals surface area (Å²) in [6.07, 6.45) is 5.26. The lowest BCUT2D eigenvalue weighted by atomic mass is 10.2. The zero-order valence-corrected chi connectivity index (χ0v) is 11.3. The summed E-state index contributed by atoms with van der Waals surface area (Å²) < 4.78 is 11.1. The molecule has 20 heavy (non-hydrogen) atoms. The number of aromatic nitrogens is 1. The van der Waals surface area contributed by atoms with E-state index in [0.29, 0.717) is 19.1 Å². The van der Waals surface area contributed by atoms with E-state index in [2.05, 4.69) is 18.1 Å². The first-order chi connectivity index (χ1) is 9.81. The zero-order valence-electron chi connectivity index (χ0n) is 11.3. The highest BCUT2D eigenvalue weighted by molar-refractivity contribution is 5.48. The average molecular weight is 267 g/mol. The summed E-state index contributed by atoms with van der Waals surface area (Å²) in [7, 11) is 0. The fraction of sp³-hybridized carbons (Fsp3) is 0.118. The number of nitrogens with zero attached hydrogens (tertiary/aromatic N) is 1. The van der Waals surface area contributed by atoms with E-state index >= 15 is 0 Å². The number of pyridine rings is 1. The Morgan fingerprint density at radius 2 is 1.50 bits per heavy atom. The highest BCUT2D eigenvalue weighted by atomic mass is 16.5. The maximum Gasteiger partial charge on any atom is 0.213 e. The molecular formula is C17H17NO2. The Hall–Kier alpha value is -2.55. The van der Waals surface area contributed by atoms with Gasteiger partial charge in [0.15, 0.2) is 0 Å². The normalized spacial score (nSPS) is 9.80. The minimum absolute atomic E-state index is 0.448. The van der Waals surface area contributed by atoms with E-state index in [9.17, 15) is 0 Å². The molecule has 1 aromatic heterocycles. The molecule has 0 spiro atoms. The van der Waals surface area contributed by atoms with Gasteiger partial charge in [0.2, 0.25) is 5.88 Å². The highest BCUT2D eigenvalue weighted by Crippen LogP contribution is 2.13. The van der Waals surface area contributed by atoms with Crippen LogP contribution in [0.3, 0.4) is 0 Å². The number of hydrogen-bond acceptors (Lipinski definition) is 3. The Kier molecular flexibility index (Phi) is 4.95.